The summed E-state index contributed by atoms with van der Waals surface area (Å²) in [6.45, 7) is 6.77. The van der Waals surface area contributed by atoms with Crippen molar-refractivity contribution in [2.75, 3.05) is 0 Å². The summed E-state index contributed by atoms with van der Waals surface area (Å²) in [5.74, 6) is 0.596. The summed E-state index contributed by atoms with van der Waals surface area (Å²) >= 11 is 0. The molecular formula is C25H26N+. The van der Waals surface area contributed by atoms with Crippen LogP contribution in [0.15, 0.2) is 66.9 Å². The standard InChI is InChI=1S/C25H26N/c1-5-17(2)19-10-11-23-22(15-19)12-13-26(4)25(23)24-16-21-9-7-6-8-20(21)14-18(24)3/h6-17H,5H2,1-4H3/q+1. The number of hydrogen-bond acceptors (Lipinski definition) is 0. The Morgan fingerprint density at radius 1 is 0.885 bits per heavy atom. The number of hydrogen-bond donors (Lipinski definition) is 0. The second-order valence-electron chi connectivity index (χ2n) is 7.45. The Balaban J connectivity index is 1.99. The first-order valence-corrected chi connectivity index (χ1v) is 9.50. The van der Waals surface area contributed by atoms with Crippen molar-refractivity contribution in [2.24, 2.45) is 7.05 Å². The first kappa shape index (κ1) is 16.8. The summed E-state index contributed by atoms with van der Waals surface area (Å²) in [5, 5.41) is 5.24. The zero-order valence-corrected chi connectivity index (χ0v) is 16.1. The Morgan fingerprint density at radius 3 is 2.35 bits per heavy atom. The van der Waals surface area contributed by atoms with E-state index in [4.69, 9.17) is 0 Å². The summed E-state index contributed by atoms with van der Waals surface area (Å²) < 4.78 is 2.25. The van der Waals surface area contributed by atoms with E-state index in [1.54, 1.807) is 0 Å². The second-order valence-corrected chi connectivity index (χ2v) is 7.45. The smallest absolute Gasteiger partial charge is 0.200 e. The van der Waals surface area contributed by atoms with E-state index in [0.717, 1.165) is 0 Å². The van der Waals surface area contributed by atoms with Crippen LogP contribution in [0.2, 0.25) is 0 Å². The van der Waals surface area contributed by atoms with Gasteiger partial charge in [-0.05, 0) is 58.7 Å². The molecule has 1 atom stereocenters. The fourth-order valence-corrected chi connectivity index (χ4v) is 3.88. The van der Waals surface area contributed by atoms with Crippen LogP contribution in [0.3, 0.4) is 0 Å². The van der Waals surface area contributed by atoms with E-state index in [1.807, 2.05) is 0 Å². The van der Waals surface area contributed by atoms with E-state index < -0.39 is 0 Å². The molecule has 0 saturated carbocycles. The van der Waals surface area contributed by atoms with Gasteiger partial charge in [0.15, 0.2) is 6.20 Å². The number of nitrogens with zero attached hydrogens (tertiary/aromatic N) is 1. The van der Waals surface area contributed by atoms with Gasteiger partial charge in [-0.1, -0.05) is 56.3 Å². The quantitative estimate of drug-likeness (QED) is 0.385. The molecule has 0 saturated heterocycles. The summed E-state index contributed by atoms with van der Waals surface area (Å²) in [5.41, 5.74) is 5.35. The monoisotopic (exact) mass is 340 g/mol. The molecule has 0 bridgehead atoms. The lowest BCUT2D eigenvalue weighted by Gasteiger charge is -2.13. The largest absolute Gasteiger partial charge is 0.220 e. The second kappa shape index (κ2) is 6.57. The van der Waals surface area contributed by atoms with Crippen molar-refractivity contribution < 1.29 is 4.57 Å². The van der Waals surface area contributed by atoms with Gasteiger partial charge in [-0.25, -0.2) is 4.57 Å². The van der Waals surface area contributed by atoms with Crippen molar-refractivity contribution >= 4 is 21.5 Å². The molecule has 130 valence electrons. The van der Waals surface area contributed by atoms with Gasteiger partial charge in [0.05, 0.1) is 10.9 Å². The normalized spacial score (nSPS) is 12.6. The van der Waals surface area contributed by atoms with Gasteiger partial charge < -0.3 is 0 Å². The van der Waals surface area contributed by atoms with E-state index >= 15 is 0 Å². The van der Waals surface area contributed by atoms with Crippen molar-refractivity contribution in [3.8, 4) is 11.3 Å². The molecule has 1 unspecified atom stereocenters. The summed E-state index contributed by atoms with van der Waals surface area (Å²) in [6.07, 6.45) is 3.36. The predicted molar refractivity (Wildman–Crippen MR) is 112 cm³/mol. The highest BCUT2D eigenvalue weighted by atomic mass is 14.9. The molecule has 1 heteroatoms. The number of benzene rings is 3. The van der Waals surface area contributed by atoms with Gasteiger partial charge in [-0.3, -0.25) is 0 Å². The topological polar surface area (TPSA) is 3.88 Å². The van der Waals surface area contributed by atoms with Crippen LogP contribution < -0.4 is 4.57 Å². The lowest BCUT2D eigenvalue weighted by molar-refractivity contribution is -0.659. The van der Waals surface area contributed by atoms with Gasteiger partial charge in [0.2, 0.25) is 5.69 Å². The molecule has 4 rings (SSSR count). The van der Waals surface area contributed by atoms with Crippen LogP contribution in [0, 0.1) is 6.92 Å². The minimum absolute atomic E-state index is 0.596. The van der Waals surface area contributed by atoms with E-state index in [2.05, 4.69) is 99.2 Å². The molecule has 0 amide bonds. The molecule has 3 aromatic carbocycles. The molecule has 0 aliphatic carbocycles. The maximum absolute atomic E-state index is 2.36. The van der Waals surface area contributed by atoms with E-state index in [0.29, 0.717) is 5.92 Å². The Bertz CT molecular complexity index is 1110. The SMILES string of the molecule is CCC(C)c1ccc2c(-c3cc4ccccc4cc3C)[n+](C)ccc2c1. The number of aromatic nitrogens is 1. The molecule has 1 aromatic heterocycles. The van der Waals surface area contributed by atoms with Gasteiger partial charge >= 0.3 is 0 Å². The first-order valence-electron chi connectivity index (χ1n) is 9.50. The molecule has 0 N–H and O–H groups in total. The van der Waals surface area contributed by atoms with Crippen molar-refractivity contribution in [2.45, 2.75) is 33.1 Å². The Morgan fingerprint density at radius 2 is 1.62 bits per heavy atom. The van der Waals surface area contributed by atoms with Crippen molar-refractivity contribution in [1.82, 2.24) is 0 Å². The number of aryl methyl sites for hydroxylation is 2. The maximum atomic E-state index is 2.36. The Hall–Kier alpha value is -2.67. The molecule has 1 heterocycles. The lowest BCUT2D eigenvalue weighted by Crippen LogP contribution is -2.30. The number of fused-ring (bicyclic) bond motifs is 2. The Labute approximate surface area is 155 Å². The highest BCUT2D eigenvalue weighted by molar-refractivity contribution is 5.97. The highest BCUT2D eigenvalue weighted by Gasteiger charge is 2.18. The van der Waals surface area contributed by atoms with Crippen LogP contribution >= 0.6 is 0 Å². The third kappa shape index (κ3) is 2.78. The van der Waals surface area contributed by atoms with Gasteiger partial charge in [-0.2, -0.15) is 0 Å². The summed E-state index contributed by atoms with van der Waals surface area (Å²) in [4.78, 5) is 0. The minimum atomic E-state index is 0.596. The fraction of sp³-hybridized carbons (Fsp3) is 0.240. The van der Waals surface area contributed by atoms with Crippen molar-refractivity contribution in [1.29, 1.82) is 0 Å². The number of pyridine rings is 1. The highest BCUT2D eigenvalue weighted by Crippen LogP contribution is 2.32. The average Bonchev–Trinajstić information content (AvgIpc) is 2.66. The van der Waals surface area contributed by atoms with Crippen LogP contribution in [0.1, 0.15) is 37.3 Å². The molecule has 0 fully saturated rings. The fourth-order valence-electron chi connectivity index (χ4n) is 3.88. The van der Waals surface area contributed by atoms with Gasteiger partial charge in [-0.15, -0.1) is 0 Å². The lowest BCUT2D eigenvalue weighted by atomic mass is 9.93. The van der Waals surface area contributed by atoms with Crippen LogP contribution in [0.25, 0.3) is 32.8 Å². The summed E-state index contributed by atoms with van der Waals surface area (Å²) in [7, 11) is 2.14. The molecule has 0 aliphatic rings. The third-order valence-corrected chi connectivity index (χ3v) is 5.69. The van der Waals surface area contributed by atoms with E-state index in [9.17, 15) is 0 Å². The molecular weight excluding hydrogens is 314 g/mol. The van der Waals surface area contributed by atoms with Crippen molar-refractivity contribution in [3.63, 3.8) is 0 Å². The molecule has 1 nitrogen and oxygen atoms in total. The predicted octanol–water partition coefficient (Wildman–Crippen LogP) is 6.31. The van der Waals surface area contributed by atoms with Gasteiger partial charge in [0.1, 0.15) is 7.05 Å². The van der Waals surface area contributed by atoms with Crippen LogP contribution in [-0.4, -0.2) is 0 Å². The van der Waals surface area contributed by atoms with Gasteiger partial charge in [0.25, 0.3) is 0 Å². The molecule has 26 heavy (non-hydrogen) atoms. The maximum Gasteiger partial charge on any atom is 0.220 e. The van der Waals surface area contributed by atoms with E-state index in [1.165, 1.54) is 50.4 Å². The van der Waals surface area contributed by atoms with Crippen LogP contribution in [0.4, 0.5) is 0 Å². The van der Waals surface area contributed by atoms with Crippen LogP contribution in [-0.2, 0) is 7.05 Å². The molecule has 0 spiro atoms. The third-order valence-electron chi connectivity index (χ3n) is 5.69. The van der Waals surface area contributed by atoms with Gasteiger partial charge in [0, 0.05) is 6.07 Å². The zero-order valence-electron chi connectivity index (χ0n) is 16.1. The average molecular weight is 340 g/mol. The molecule has 0 aliphatic heterocycles. The molecule has 4 aromatic rings. The Kier molecular flexibility index (Phi) is 4.24. The summed E-state index contributed by atoms with van der Waals surface area (Å²) in [6, 6.07) is 22.5. The number of rotatable bonds is 3. The zero-order chi connectivity index (χ0) is 18.3. The van der Waals surface area contributed by atoms with Crippen molar-refractivity contribution in [3.05, 3.63) is 78.0 Å². The first-order chi connectivity index (χ1) is 12.6. The minimum Gasteiger partial charge on any atom is -0.200 e. The molecule has 0 radical (unpaired) electrons. The van der Waals surface area contributed by atoms with Crippen LogP contribution in [0.5, 0.6) is 0 Å². The van der Waals surface area contributed by atoms with E-state index in [-0.39, 0.29) is 0 Å².